The summed E-state index contributed by atoms with van der Waals surface area (Å²) in [5.74, 6) is 1.10. The van der Waals surface area contributed by atoms with Gasteiger partial charge in [0.05, 0.1) is 17.1 Å². The second-order valence-corrected chi connectivity index (χ2v) is 9.03. The Morgan fingerprint density at radius 2 is 1.93 bits per heavy atom. The lowest BCUT2D eigenvalue weighted by atomic mass is 10.0. The molecule has 4 rings (SSSR count). The molecule has 0 saturated carbocycles. The summed E-state index contributed by atoms with van der Waals surface area (Å²) in [4.78, 5) is 3.35. The van der Waals surface area contributed by atoms with Gasteiger partial charge in [-0.05, 0) is 50.1 Å². The van der Waals surface area contributed by atoms with Crippen molar-refractivity contribution in [1.29, 1.82) is 0 Å². The lowest BCUT2D eigenvalue weighted by molar-refractivity contribution is 0.393. The number of sulfonamides is 1. The molecule has 6 nitrogen and oxygen atoms in total. The second kappa shape index (κ2) is 7.14. The molecule has 0 atom stereocenters. The summed E-state index contributed by atoms with van der Waals surface area (Å²) in [6.07, 6.45) is 0.413. The van der Waals surface area contributed by atoms with Crippen LogP contribution in [-0.4, -0.2) is 30.2 Å². The van der Waals surface area contributed by atoms with Gasteiger partial charge in [-0.3, -0.25) is 4.72 Å². The van der Waals surface area contributed by atoms with Crippen LogP contribution >= 0.6 is 11.6 Å². The number of hydrogen-bond acceptors (Lipinski definition) is 4. The lowest BCUT2D eigenvalue weighted by Gasteiger charge is -2.07. The predicted molar refractivity (Wildman–Crippen MR) is 114 cm³/mol. The number of nitrogens with one attached hydrogen (secondary N) is 2. The largest absolute Gasteiger partial charge is 0.361 e. The molecule has 2 heterocycles. The van der Waals surface area contributed by atoms with E-state index in [9.17, 15) is 8.42 Å². The Kier molecular flexibility index (Phi) is 4.81. The summed E-state index contributed by atoms with van der Waals surface area (Å²) < 4.78 is 32.1. The number of halogens is 1. The number of anilines is 1. The number of nitrogens with zero attached hydrogens (tertiary/aromatic N) is 1. The molecule has 0 aliphatic heterocycles. The van der Waals surface area contributed by atoms with Crippen molar-refractivity contribution in [3.8, 4) is 11.1 Å². The maximum absolute atomic E-state index is 12.1. The molecule has 0 amide bonds. The van der Waals surface area contributed by atoms with E-state index in [-0.39, 0.29) is 5.75 Å². The molecule has 2 aromatic carbocycles. The first kappa shape index (κ1) is 18.8. The fraction of sp³-hybridized carbons (Fsp3) is 0.250. The quantitative estimate of drug-likeness (QED) is 0.434. The number of fused-ring (bicyclic) bond motifs is 3. The van der Waals surface area contributed by atoms with Gasteiger partial charge in [-0.15, -0.1) is 11.6 Å². The fourth-order valence-electron chi connectivity index (χ4n) is 3.49. The van der Waals surface area contributed by atoms with Gasteiger partial charge in [0.15, 0.2) is 0 Å². The topological polar surface area (TPSA) is 88.0 Å². The van der Waals surface area contributed by atoms with Crippen LogP contribution in [0.3, 0.4) is 0 Å². The monoisotopic (exact) mass is 417 g/mol. The van der Waals surface area contributed by atoms with Gasteiger partial charge in [0.25, 0.3) is 0 Å². The average molecular weight is 418 g/mol. The van der Waals surface area contributed by atoms with Gasteiger partial charge >= 0.3 is 0 Å². The van der Waals surface area contributed by atoms with Gasteiger partial charge in [-0.1, -0.05) is 17.3 Å². The highest BCUT2D eigenvalue weighted by Gasteiger charge is 2.14. The van der Waals surface area contributed by atoms with Crippen molar-refractivity contribution in [1.82, 2.24) is 10.1 Å². The van der Waals surface area contributed by atoms with Gasteiger partial charge in [-0.25, -0.2) is 8.42 Å². The van der Waals surface area contributed by atoms with Gasteiger partial charge in [0.1, 0.15) is 5.76 Å². The van der Waals surface area contributed by atoms with E-state index in [0.717, 1.165) is 44.4 Å². The summed E-state index contributed by atoms with van der Waals surface area (Å²) in [5, 5.41) is 6.11. The smallest absolute Gasteiger partial charge is 0.232 e. The number of aryl methyl sites for hydroxylation is 2. The van der Waals surface area contributed by atoms with Gasteiger partial charge in [-0.2, -0.15) is 0 Å². The zero-order chi connectivity index (χ0) is 19.9. The zero-order valence-corrected chi connectivity index (χ0v) is 17.1. The third kappa shape index (κ3) is 3.47. The van der Waals surface area contributed by atoms with E-state index in [1.807, 2.05) is 38.1 Å². The van der Waals surface area contributed by atoms with Crippen LogP contribution in [0.2, 0.25) is 0 Å². The number of rotatable bonds is 6. The van der Waals surface area contributed by atoms with Gasteiger partial charge in [0, 0.05) is 33.2 Å². The number of hydrogen-bond donors (Lipinski definition) is 2. The Morgan fingerprint density at radius 3 is 2.64 bits per heavy atom. The third-order valence-electron chi connectivity index (χ3n) is 4.74. The van der Waals surface area contributed by atoms with E-state index < -0.39 is 10.0 Å². The highest BCUT2D eigenvalue weighted by molar-refractivity contribution is 7.92. The van der Waals surface area contributed by atoms with Crippen LogP contribution in [0.4, 0.5) is 5.69 Å². The molecule has 2 N–H and O–H groups in total. The summed E-state index contributed by atoms with van der Waals surface area (Å²) in [6.45, 7) is 3.82. The van der Waals surface area contributed by atoms with Crippen molar-refractivity contribution in [2.75, 3.05) is 16.4 Å². The highest BCUT2D eigenvalue weighted by Crippen LogP contribution is 2.33. The second-order valence-electron chi connectivity index (χ2n) is 6.81. The van der Waals surface area contributed by atoms with Crippen LogP contribution in [-0.2, 0) is 10.0 Å². The summed E-state index contributed by atoms with van der Waals surface area (Å²) >= 11 is 5.60. The molecule has 0 aliphatic carbocycles. The molecule has 2 aromatic heterocycles. The molecule has 146 valence electrons. The maximum Gasteiger partial charge on any atom is 0.232 e. The first-order valence-electron chi connectivity index (χ1n) is 8.93. The Bertz CT molecular complexity index is 1260. The van der Waals surface area contributed by atoms with Gasteiger partial charge in [0.2, 0.25) is 10.0 Å². The number of H-pyrrole nitrogens is 1. The zero-order valence-electron chi connectivity index (χ0n) is 15.5. The lowest BCUT2D eigenvalue weighted by Crippen LogP contribution is -2.16. The number of alkyl halides is 1. The summed E-state index contributed by atoms with van der Waals surface area (Å²) in [5.41, 5.74) is 5.26. The van der Waals surface area contributed by atoms with Crippen molar-refractivity contribution in [3.63, 3.8) is 0 Å². The molecule has 0 saturated heterocycles. The molecule has 28 heavy (non-hydrogen) atoms. The van der Waals surface area contributed by atoms with Crippen molar-refractivity contribution < 1.29 is 12.9 Å². The van der Waals surface area contributed by atoms with Crippen molar-refractivity contribution in [3.05, 3.63) is 47.9 Å². The third-order valence-corrected chi connectivity index (χ3v) is 6.38. The number of benzene rings is 2. The van der Waals surface area contributed by atoms with E-state index in [0.29, 0.717) is 18.0 Å². The van der Waals surface area contributed by atoms with E-state index in [1.54, 1.807) is 6.07 Å². The summed E-state index contributed by atoms with van der Waals surface area (Å²) in [7, 11) is -3.41. The van der Waals surface area contributed by atoms with Crippen molar-refractivity contribution in [2.24, 2.45) is 0 Å². The number of aromatic amines is 1. The number of aromatic nitrogens is 2. The van der Waals surface area contributed by atoms with Crippen LogP contribution in [0.25, 0.3) is 32.9 Å². The Balaban J connectivity index is 1.75. The normalized spacial score (nSPS) is 12.1. The van der Waals surface area contributed by atoms with Crippen LogP contribution in [0.1, 0.15) is 17.9 Å². The molecule has 8 heteroatoms. The molecule has 0 bridgehead atoms. The predicted octanol–water partition coefficient (Wildman–Crippen LogP) is 4.96. The fourth-order valence-corrected chi connectivity index (χ4v) is 4.90. The van der Waals surface area contributed by atoms with E-state index in [4.69, 9.17) is 16.1 Å². The summed E-state index contributed by atoms with van der Waals surface area (Å²) in [6, 6.07) is 11.6. The first-order valence-corrected chi connectivity index (χ1v) is 11.1. The first-order chi connectivity index (χ1) is 13.4. The van der Waals surface area contributed by atoms with E-state index in [1.165, 1.54) is 0 Å². The molecule has 0 spiro atoms. The molecule has 4 aromatic rings. The highest BCUT2D eigenvalue weighted by atomic mass is 35.5. The van der Waals surface area contributed by atoms with Gasteiger partial charge < -0.3 is 9.51 Å². The Morgan fingerprint density at radius 1 is 1.11 bits per heavy atom. The minimum atomic E-state index is -3.41. The molecule has 0 aliphatic rings. The standard InChI is InChI=1S/C20H20ClN3O3S/c1-12-20(13(2)27-23-12)14-4-7-18-17(10-14)16-6-5-15(11-19(16)22-18)24-28(25,26)9-3-8-21/h4-7,10-11,22,24H,3,8-9H2,1-2H3. The Labute approximate surface area is 167 Å². The van der Waals surface area contributed by atoms with Crippen LogP contribution < -0.4 is 4.72 Å². The molecular weight excluding hydrogens is 398 g/mol. The maximum atomic E-state index is 12.1. The van der Waals surface area contributed by atoms with Crippen LogP contribution in [0, 0.1) is 13.8 Å². The average Bonchev–Trinajstić information content (AvgIpc) is 3.18. The SMILES string of the molecule is Cc1noc(C)c1-c1ccc2[nH]c3cc(NS(=O)(=O)CCCCl)ccc3c2c1. The van der Waals surface area contributed by atoms with Crippen LogP contribution in [0.15, 0.2) is 40.9 Å². The molecule has 0 fully saturated rings. The van der Waals surface area contributed by atoms with E-state index >= 15 is 0 Å². The Hall–Kier alpha value is -2.51. The van der Waals surface area contributed by atoms with Crippen molar-refractivity contribution in [2.45, 2.75) is 20.3 Å². The van der Waals surface area contributed by atoms with Crippen LogP contribution in [0.5, 0.6) is 0 Å². The molecule has 0 unspecified atom stereocenters. The molecular formula is C20H20ClN3O3S. The van der Waals surface area contributed by atoms with E-state index in [2.05, 4.69) is 20.9 Å². The van der Waals surface area contributed by atoms with Crippen molar-refractivity contribution >= 4 is 49.1 Å². The minimum absolute atomic E-state index is 0.00202. The minimum Gasteiger partial charge on any atom is -0.361 e. The molecule has 0 radical (unpaired) electrons.